The Kier molecular flexibility index (Phi) is 2.80. The van der Waals surface area contributed by atoms with Crippen LogP contribution in [0.3, 0.4) is 0 Å². The van der Waals surface area contributed by atoms with Gasteiger partial charge in [-0.2, -0.15) is 0 Å². The van der Waals surface area contributed by atoms with Crippen LogP contribution in [0.1, 0.15) is 4.88 Å². The summed E-state index contributed by atoms with van der Waals surface area (Å²) in [7, 11) is 0. The number of anilines is 1. The van der Waals surface area contributed by atoms with Gasteiger partial charge < -0.3 is 5.32 Å². The van der Waals surface area contributed by atoms with Crippen LogP contribution in [-0.4, -0.2) is 15.9 Å². The predicted molar refractivity (Wildman–Crippen MR) is 71.7 cm³/mol. The van der Waals surface area contributed by atoms with E-state index in [0.29, 0.717) is 0 Å². The van der Waals surface area contributed by atoms with Crippen molar-refractivity contribution < 1.29 is 0 Å². The van der Waals surface area contributed by atoms with Crippen LogP contribution in [0.25, 0.3) is 5.65 Å². The first-order valence-electron chi connectivity index (χ1n) is 5.62. The van der Waals surface area contributed by atoms with Crippen molar-refractivity contribution in [3.8, 4) is 0 Å². The maximum atomic E-state index is 4.26. The lowest BCUT2D eigenvalue weighted by Gasteiger charge is -2.07. The number of nitrogens with one attached hydrogen (secondary N) is 1. The fraction of sp³-hybridized carbons (Fsp3) is 0.154. The third kappa shape index (κ3) is 2.17. The summed E-state index contributed by atoms with van der Waals surface area (Å²) < 4.78 is 2.06. The molecule has 86 valence electrons. The Morgan fingerprint density at radius 1 is 1.24 bits per heavy atom. The zero-order chi connectivity index (χ0) is 11.5. The van der Waals surface area contributed by atoms with E-state index in [1.807, 2.05) is 24.5 Å². The van der Waals surface area contributed by atoms with E-state index in [1.54, 1.807) is 11.3 Å². The highest BCUT2D eigenvalue weighted by molar-refractivity contribution is 7.09. The summed E-state index contributed by atoms with van der Waals surface area (Å²) in [5.74, 6) is 1.09. The lowest BCUT2D eigenvalue weighted by molar-refractivity contribution is 1.01. The Bertz CT molecular complexity index is 598. The number of hydrogen-bond acceptors (Lipinski definition) is 3. The van der Waals surface area contributed by atoms with E-state index in [-0.39, 0.29) is 0 Å². The van der Waals surface area contributed by atoms with E-state index in [1.165, 1.54) is 4.88 Å². The summed E-state index contributed by atoms with van der Waals surface area (Å²) in [4.78, 5) is 5.67. The Hall–Kier alpha value is -1.81. The predicted octanol–water partition coefficient (Wildman–Crippen LogP) is 3.05. The number of rotatable bonds is 4. The number of hydrogen-bond donors (Lipinski definition) is 1. The molecule has 0 radical (unpaired) electrons. The molecule has 0 saturated heterocycles. The molecule has 0 spiro atoms. The second-order valence-corrected chi connectivity index (χ2v) is 4.85. The number of fused-ring (bicyclic) bond motifs is 1. The molecule has 3 rings (SSSR count). The molecule has 3 aromatic heterocycles. The van der Waals surface area contributed by atoms with Gasteiger partial charge in [-0.05, 0) is 30.0 Å². The fourth-order valence-electron chi connectivity index (χ4n) is 1.86. The highest BCUT2D eigenvalue weighted by Gasteiger charge is 1.99. The summed E-state index contributed by atoms with van der Waals surface area (Å²) >= 11 is 1.80. The monoisotopic (exact) mass is 243 g/mol. The summed E-state index contributed by atoms with van der Waals surface area (Å²) in [5, 5.41) is 5.56. The zero-order valence-corrected chi connectivity index (χ0v) is 10.2. The molecular formula is C13H13N3S. The van der Waals surface area contributed by atoms with Crippen LogP contribution < -0.4 is 5.32 Å². The van der Waals surface area contributed by atoms with Gasteiger partial charge in [0.2, 0.25) is 0 Å². The Labute approximate surface area is 104 Å². The average Bonchev–Trinajstić information content (AvgIpc) is 2.99. The maximum Gasteiger partial charge on any atom is 0.138 e. The molecule has 3 nitrogen and oxygen atoms in total. The van der Waals surface area contributed by atoms with E-state index in [0.717, 1.165) is 24.4 Å². The minimum Gasteiger partial charge on any atom is -0.371 e. The Morgan fingerprint density at radius 2 is 2.24 bits per heavy atom. The van der Waals surface area contributed by atoms with Crippen LogP contribution in [-0.2, 0) is 6.42 Å². The molecule has 0 bridgehead atoms. The van der Waals surface area contributed by atoms with Crippen LogP contribution in [0.2, 0.25) is 0 Å². The maximum absolute atomic E-state index is 4.26. The van der Waals surface area contributed by atoms with Crippen LogP contribution in [0.4, 0.5) is 5.82 Å². The lowest BCUT2D eigenvalue weighted by atomic mass is 10.3. The minimum atomic E-state index is 0.942. The van der Waals surface area contributed by atoms with Crippen LogP contribution in [0, 0.1) is 0 Å². The van der Waals surface area contributed by atoms with Crippen molar-refractivity contribution in [1.29, 1.82) is 0 Å². The number of pyridine rings is 1. The van der Waals surface area contributed by atoms with Crippen molar-refractivity contribution in [2.24, 2.45) is 0 Å². The van der Waals surface area contributed by atoms with Crippen LogP contribution in [0.5, 0.6) is 0 Å². The van der Waals surface area contributed by atoms with Gasteiger partial charge in [0.1, 0.15) is 11.5 Å². The highest BCUT2D eigenvalue weighted by atomic mass is 32.1. The molecule has 4 heteroatoms. The average molecular weight is 243 g/mol. The smallest absolute Gasteiger partial charge is 0.138 e. The normalized spacial score (nSPS) is 10.8. The first-order chi connectivity index (χ1) is 8.43. The summed E-state index contributed by atoms with van der Waals surface area (Å²) in [6.45, 7) is 0.942. The molecule has 1 N–H and O–H groups in total. The molecule has 0 aliphatic rings. The second-order valence-electron chi connectivity index (χ2n) is 3.82. The van der Waals surface area contributed by atoms with E-state index in [9.17, 15) is 0 Å². The van der Waals surface area contributed by atoms with E-state index in [2.05, 4.69) is 38.3 Å². The quantitative estimate of drug-likeness (QED) is 0.763. The molecule has 3 heterocycles. The van der Waals surface area contributed by atoms with Crippen molar-refractivity contribution >= 4 is 22.8 Å². The Morgan fingerprint density at radius 3 is 3.12 bits per heavy atom. The van der Waals surface area contributed by atoms with E-state index < -0.39 is 0 Å². The molecular weight excluding hydrogens is 230 g/mol. The first-order valence-corrected chi connectivity index (χ1v) is 6.50. The number of thiophene rings is 1. The van der Waals surface area contributed by atoms with E-state index >= 15 is 0 Å². The van der Waals surface area contributed by atoms with Gasteiger partial charge in [0.15, 0.2) is 0 Å². The molecule has 17 heavy (non-hydrogen) atoms. The third-order valence-electron chi connectivity index (χ3n) is 2.69. The van der Waals surface area contributed by atoms with Gasteiger partial charge in [-0.15, -0.1) is 11.3 Å². The molecule has 0 atom stereocenters. The van der Waals surface area contributed by atoms with E-state index in [4.69, 9.17) is 0 Å². The van der Waals surface area contributed by atoms with Gasteiger partial charge in [-0.3, -0.25) is 4.40 Å². The zero-order valence-electron chi connectivity index (χ0n) is 9.34. The summed E-state index contributed by atoms with van der Waals surface area (Å²) in [6.07, 6.45) is 4.85. The molecule has 0 aliphatic heterocycles. The van der Waals surface area contributed by atoms with Gasteiger partial charge in [-0.25, -0.2) is 4.98 Å². The SMILES string of the molecule is c1csc(CCNc2cccc3nccn23)c1. The van der Waals surface area contributed by atoms with Crippen LogP contribution in [0.15, 0.2) is 48.1 Å². The Balaban J connectivity index is 1.70. The first kappa shape index (κ1) is 10.4. The van der Waals surface area contributed by atoms with Crippen LogP contribution >= 0.6 is 11.3 Å². The van der Waals surface area contributed by atoms with Gasteiger partial charge in [-0.1, -0.05) is 12.1 Å². The topological polar surface area (TPSA) is 29.3 Å². The van der Waals surface area contributed by atoms with Crippen molar-refractivity contribution in [3.63, 3.8) is 0 Å². The summed E-state index contributed by atoms with van der Waals surface area (Å²) in [6, 6.07) is 10.4. The van der Waals surface area contributed by atoms with Crippen molar-refractivity contribution in [2.45, 2.75) is 6.42 Å². The number of nitrogens with zero attached hydrogens (tertiary/aromatic N) is 2. The largest absolute Gasteiger partial charge is 0.371 e. The minimum absolute atomic E-state index is 0.942. The molecule has 0 unspecified atom stereocenters. The number of aromatic nitrogens is 2. The van der Waals surface area contributed by atoms with Gasteiger partial charge >= 0.3 is 0 Å². The standard InChI is InChI=1S/C13H13N3S/c1-4-12(16-9-8-15-13(16)5-1)14-7-6-11-3-2-10-17-11/h1-5,8-10,14H,6-7H2. The summed E-state index contributed by atoms with van der Waals surface area (Å²) in [5.41, 5.74) is 0.978. The lowest BCUT2D eigenvalue weighted by Crippen LogP contribution is -2.07. The molecule has 0 aliphatic carbocycles. The van der Waals surface area contributed by atoms with Crippen molar-refractivity contribution in [3.05, 3.63) is 53.0 Å². The van der Waals surface area contributed by atoms with Gasteiger partial charge in [0, 0.05) is 23.8 Å². The van der Waals surface area contributed by atoms with Gasteiger partial charge in [0.05, 0.1) is 0 Å². The molecule has 0 saturated carbocycles. The molecule has 0 fully saturated rings. The molecule has 3 aromatic rings. The van der Waals surface area contributed by atoms with Gasteiger partial charge in [0.25, 0.3) is 0 Å². The number of imidazole rings is 1. The highest BCUT2D eigenvalue weighted by Crippen LogP contribution is 2.12. The third-order valence-corrected chi connectivity index (χ3v) is 3.62. The fourth-order valence-corrected chi connectivity index (χ4v) is 2.57. The van der Waals surface area contributed by atoms with Crippen molar-refractivity contribution in [1.82, 2.24) is 9.38 Å². The van der Waals surface area contributed by atoms with Crippen molar-refractivity contribution in [2.75, 3.05) is 11.9 Å². The molecule has 0 aromatic carbocycles. The molecule has 0 amide bonds. The second kappa shape index (κ2) is 4.59.